The highest BCUT2D eigenvalue weighted by atomic mass is 15.3. The van der Waals surface area contributed by atoms with E-state index in [2.05, 4.69) is 38.1 Å². The second-order valence-electron chi connectivity index (χ2n) is 4.48. The molecule has 1 atom stereocenters. The van der Waals surface area contributed by atoms with E-state index in [0.717, 1.165) is 13.0 Å². The predicted octanol–water partition coefficient (Wildman–Crippen LogP) is 2.38. The largest absolute Gasteiger partial charge is 0.330 e. The fourth-order valence-electron chi connectivity index (χ4n) is 1.78. The monoisotopic (exact) mass is 209 g/mol. The van der Waals surface area contributed by atoms with Gasteiger partial charge in [-0.25, -0.2) is 0 Å². The standard InChI is InChI=1S/C12H23N3/c1-4-5-11(9-13)8-12-6-7-15(14-12)10(2)3/h6-7,10-11H,4-5,8-9,13H2,1-3H3. The SMILES string of the molecule is CCCC(CN)Cc1ccn(C(C)C)n1. The second-order valence-corrected chi connectivity index (χ2v) is 4.48. The first-order chi connectivity index (χ1) is 7.17. The molecule has 0 bridgehead atoms. The van der Waals surface area contributed by atoms with E-state index in [1.807, 2.05) is 4.68 Å². The third kappa shape index (κ3) is 3.67. The highest BCUT2D eigenvalue weighted by Gasteiger charge is 2.09. The number of aromatic nitrogens is 2. The molecule has 1 heterocycles. The van der Waals surface area contributed by atoms with E-state index in [9.17, 15) is 0 Å². The topological polar surface area (TPSA) is 43.8 Å². The molecule has 3 nitrogen and oxygen atoms in total. The average molecular weight is 209 g/mol. The molecule has 1 rings (SSSR count). The lowest BCUT2D eigenvalue weighted by Gasteiger charge is -2.11. The minimum absolute atomic E-state index is 0.446. The summed E-state index contributed by atoms with van der Waals surface area (Å²) in [6.45, 7) is 7.25. The summed E-state index contributed by atoms with van der Waals surface area (Å²) in [4.78, 5) is 0. The van der Waals surface area contributed by atoms with Gasteiger partial charge in [0.05, 0.1) is 5.69 Å². The van der Waals surface area contributed by atoms with Crippen molar-refractivity contribution in [1.29, 1.82) is 0 Å². The molecule has 0 radical (unpaired) electrons. The molecule has 0 aliphatic rings. The summed E-state index contributed by atoms with van der Waals surface area (Å²) < 4.78 is 2.01. The quantitative estimate of drug-likeness (QED) is 0.781. The third-order valence-corrected chi connectivity index (χ3v) is 2.72. The Balaban J connectivity index is 2.55. The fraction of sp³-hybridized carbons (Fsp3) is 0.750. The van der Waals surface area contributed by atoms with E-state index < -0.39 is 0 Å². The van der Waals surface area contributed by atoms with Crippen LogP contribution in [-0.4, -0.2) is 16.3 Å². The van der Waals surface area contributed by atoms with Crippen molar-refractivity contribution in [3.05, 3.63) is 18.0 Å². The molecule has 0 fully saturated rings. The lowest BCUT2D eigenvalue weighted by molar-refractivity contribution is 0.469. The molecule has 15 heavy (non-hydrogen) atoms. The average Bonchev–Trinajstić information content (AvgIpc) is 2.65. The zero-order valence-electron chi connectivity index (χ0n) is 10.1. The van der Waals surface area contributed by atoms with E-state index in [1.54, 1.807) is 0 Å². The smallest absolute Gasteiger partial charge is 0.0627 e. The molecule has 1 aromatic heterocycles. The van der Waals surface area contributed by atoms with Gasteiger partial charge in [0.1, 0.15) is 0 Å². The first kappa shape index (κ1) is 12.2. The van der Waals surface area contributed by atoms with Gasteiger partial charge in [-0.3, -0.25) is 4.68 Å². The van der Waals surface area contributed by atoms with Crippen molar-refractivity contribution in [2.24, 2.45) is 11.7 Å². The minimum atomic E-state index is 0.446. The van der Waals surface area contributed by atoms with Crippen LogP contribution < -0.4 is 5.73 Å². The lowest BCUT2D eigenvalue weighted by atomic mass is 9.98. The van der Waals surface area contributed by atoms with Gasteiger partial charge in [-0.2, -0.15) is 5.10 Å². The van der Waals surface area contributed by atoms with Crippen LogP contribution in [0.4, 0.5) is 0 Å². The zero-order valence-corrected chi connectivity index (χ0v) is 10.1. The van der Waals surface area contributed by atoms with Crippen molar-refractivity contribution in [2.45, 2.75) is 46.1 Å². The maximum Gasteiger partial charge on any atom is 0.0627 e. The molecule has 1 aromatic rings. The Bertz CT molecular complexity index is 278. The van der Waals surface area contributed by atoms with Gasteiger partial charge in [-0.05, 0) is 45.2 Å². The van der Waals surface area contributed by atoms with E-state index in [1.165, 1.54) is 18.5 Å². The first-order valence-corrected chi connectivity index (χ1v) is 5.91. The normalized spacial score (nSPS) is 13.4. The molecule has 0 saturated carbocycles. The van der Waals surface area contributed by atoms with E-state index in [-0.39, 0.29) is 0 Å². The molecule has 1 unspecified atom stereocenters. The lowest BCUT2D eigenvalue weighted by Crippen LogP contribution is -2.17. The molecule has 3 heteroatoms. The van der Waals surface area contributed by atoms with Crippen LogP contribution in [0, 0.1) is 5.92 Å². The van der Waals surface area contributed by atoms with E-state index >= 15 is 0 Å². The van der Waals surface area contributed by atoms with Crippen LogP contribution in [-0.2, 0) is 6.42 Å². The maximum atomic E-state index is 5.74. The van der Waals surface area contributed by atoms with Crippen LogP contribution >= 0.6 is 0 Å². The Hall–Kier alpha value is -0.830. The van der Waals surface area contributed by atoms with Crippen LogP contribution in [0.15, 0.2) is 12.3 Å². The molecular weight excluding hydrogens is 186 g/mol. The van der Waals surface area contributed by atoms with E-state index in [4.69, 9.17) is 5.73 Å². The molecule has 0 aliphatic heterocycles. The predicted molar refractivity (Wildman–Crippen MR) is 63.8 cm³/mol. The summed E-state index contributed by atoms with van der Waals surface area (Å²) in [5.41, 5.74) is 6.91. The van der Waals surface area contributed by atoms with Gasteiger partial charge >= 0.3 is 0 Å². The minimum Gasteiger partial charge on any atom is -0.330 e. The van der Waals surface area contributed by atoms with Gasteiger partial charge in [-0.15, -0.1) is 0 Å². The molecule has 0 aliphatic carbocycles. The molecule has 2 N–H and O–H groups in total. The molecule has 0 spiro atoms. The van der Waals surface area contributed by atoms with Crippen molar-refractivity contribution >= 4 is 0 Å². The number of hydrogen-bond acceptors (Lipinski definition) is 2. The number of nitrogens with zero attached hydrogens (tertiary/aromatic N) is 2. The van der Waals surface area contributed by atoms with Gasteiger partial charge < -0.3 is 5.73 Å². The highest BCUT2D eigenvalue weighted by Crippen LogP contribution is 2.12. The Labute approximate surface area is 92.7 Å². The van der Waals surface area contributed by atoms with Gasteiger partial charge in [0.25, 0.3) is 0 Å². The fourth-order valence-corrected chi connectivity index (χ4v) is 1.78. The summed E-state index contributed by atoms with van der Waals surface area (Å²) in [6.07, 6.45) is 5.47. The first-order valence-electron chi connectivity index (χ1n) is 5.91. The summed E-state index contributed by atoms with van der Waals surface area (Å²) >= 11 is 0. The van der Waals surface area contributed by atoms with Crippen molar-refractivity contribution in [3.8, 4) is 0 Å². The van der Waals surface area contributed by atoms with E-state index in [0.29, 0.717) is 12.0 Å². The van der Waals surface area contributed by atoms with Gasteiger partial charge in [-0.1, -0.05) is 13.3 Å². The van der Waals surface area contributed by atoms with Crippen molar-refractivity contribution < 1.29 is 0 Å². The van der Waals surface area contributed by atoms with Crippen molar-refractivity contribution in [3.63, 3.8) is 0 Å². The number of hydrogen-bond donors (Lipinski definition) is 1. The molecular formula is C12H23N3. The molecule has 86 valence electrons. The van der Waals surface area contributed by atoms with Gasteiger partial charge in [0, 0.05) is 12.2 Å². The number of rotatable bonds is 6. The molecule has 0 saturated heterocycles. The summed E-state index contributed by atoms with van der Waals surface area (Å²) in [7, 11) is 0. The summed E-state index contributed by atoms with van der Waals surface area (Å²) in [5, 5.41) is 4.54. The van der Waals surface area contributed by atoms with Crippen LogP contribution in [0.1, 0.15) is 45.3 Å². The van der Waals surface area contributed by atoms with Gasteiger partial charge in [0.2, 0.25) is 0 Å². The van der Waals surface area contributed by atoms with Crippen LogP contribution in [0.3, 0.4) is 0 Å². The molecule has 0 amide bonds. The summed E-state index contributed by atoms with van der Waals surface area (Å²) in [6, 6.07) is 2.56. The maximum absolute atomic E-state index is 5.74. The number of nitrogens with two attached hydrogens (primary N) is 1. The third-order valence-electron chi connectivity index (χ3n) is 2.72. The van der Waals surface area contributed by atoms with Crippen molar-refractivity contribution in [2.75, 3.05) is 6.54 Å². The van der Waals surface area contributed by atoms with Crippen molar-refractivity contribution in [1.82, 2.24) is 9.78 Å². The highest BCUT2D eigenvalue weighted by molar-refractivity contribution is 5.01. The Kier molecular flexibility index (Phi) is 4.82. The summed E-state index contributed by atoms with van der Waals surface area (Å²) in [5.74, 6) is 0.588. The second kappa shape index (κ2) is 5.91. The Morgan fingerprint density at radius 3 is 2.67 bits per heavy atom. The Morgan fingerprint density at radius 2 is 2.20 bits per heavy atom. The van der Waals surface area contributed by atoms with Crippen LogP contribution in [0.25, 0.3) is 0 Å². The molecule has 0 aromatic carbocycles. The van der Waals surface area contributed by atoms with Crippen LogP contribution in [0.2, 0.25) is 0 Å². The zero-order chi connectivity index (χ0) is 11.3. The van der Waals surface area contributed by atoms with Gasteiger partial charge in [0.15, 0.2) is 0 Å². The Morgan fingerprint density at radius 1 is 1.47 bits per heavy atom. The van der Waals surface area contributed by atoms with Crippen LogP contribution in [0.5, 0.6) is 0 Å².